The molecule has 1 fully saturated rings. The predicted octanol–water partition coefficient (Wildman–Crippen LogP) is 0.0495. The number of hydrogen-bond donors (Lipinski definition) is 1. The maximum absolute atomic E-state index is 12.3. The highest BCUT2D eigenvalue weighted by Crippen LogP contribution is 2.13. The molecule has 2 unspecified atom stereocenters. The van der Waals surface area contributed by atoms with Crippen LogP contribution in [0.3, 0.4) is 0 Å². The van der Waals surface area contributed by atoms with Gasteiger partial charge in [0.05, 0.1) is 0 Å². The Bertz CT molecular complexity index is 358. The molecule has 0 bridgehead atoms. The van der Waals surface area contributed by atoms with E-state index in [9.17, 15) is 4.79 Å². The number of nitrogens with zero attached hydrogens (tertiary/aromatic N) is 4. The van der Waals surface area contributed by atoms with Gasteiger partial charge in [-0.3, -0.25) is 4.79 Å². The number of likely N-dealkylation sites (N-methyl/N-ethyl adjacent to an activating group) is 1. The van der Waals surface area contributed by atoms with Crippen LogP contribution in [0.1, 0.15) is 25.8 Å². The van der Waals surface area contributed by atoms with E-state index in [1.54, 1.807) is 11.0 Å². The molecule has 0 aliphatic carbocycles. The Balaban J connectivity index is 1.98. The molecular formula is C11H19N5O. The van der Waals surface area contributed by atoms with Gasteiger partial charge in [-0.25, -0.2) is 9.67 Å². The predicted molar refractivity (Wildman–Crippen MR) is 63.4 cm³/mol. The molecule has 1 aromatic heterocycles. The monoisotopic (exact) mass is 237 g/mol. The van der Waals surface area contributed by atoms with Crippen LogP contribution in [0.25, 0.3) is 0 Å². The van der Waals surface area contributed by atoms with Crippen LogP contribution in [0.4, 0.5) is 0 Å². The highest BCUT2D eigenvalue weighted by Gasteiger charge is 2.26. The third-order valence-corrected chi connectivity index (χ3v) is 3.36. The second-order valence-corrected chi connectivity index (χ2v) is 4.50. The molecule has 2 rings (SSSR count). The molecule has 1 aliphatic rings. The fraction of sp³-hybridized carbons (Fsp3) is 0.727. The fourth-order valence-corrected chi connectivity index (χ4v) is 2.17. The third kappa shape index (κ3) is 2.63. The Kier molecular flexibility index (Phi) is 3.73. The van der Waals surface area contributed by atoms with Crippen LogP contribution in [0, 0.1) is 0 Å². The summed E-state index contributed by atoms with van der Waals surface area (Å²) in [5.74, 6) is 0.0872. The van der Waals surface area contributed by atoms with Crippen LogP contribution in [0.2, 0.25) is 0 Å². The molecule has 6 nitrogen and oxygen atoms in total. The van der Waals surface area contributed by atoms with Gasteiger partial charge < -0.3 is 10.2 Å². The molecule has 1 saturated heterocycles. The van der Waals surface area contributed by atoms with Crippen molar-refractivity contribution in [2.45, 2.75) is 31.8 Å². The Labute approximate surface area is 101 Å². The first-order valence-corrected chi connectivity index (χ1v) is 6.01. The minimum atomic E-state index is -0.288. The highest BCUT2D eigenvalue weighted by molar-refractivity contribution is 5.80. The normalized spacial score (nSPS) is 22.1. The SMILES string of the molecule is CC(C(=O)N(C)C1CCCNC1)n1cncn1. The van der Waals surface area contributed by atoms with Gasteiger partial charge in [0.2, 0.25) is 5.91 Å². The van der Waals surface area contributed by atoms with E-state index in [4.69, 9.17) is 0 Å². The number of rotatable bonds is 3. The average molecular weight is 237 g/mol. The van der Waals surface area contributed by atoms with Crippen molar-refractivity contribution in [2.75, 3.05) is 20.1 Å². The van der Waals surface area contributed by atoms with Crippen LogP contribution < -0.4 is 5.32 Å². The minimum absolute atomic E-state index is 0.0872. The van der Waals surface area contributed by atoms with E-state index < -0.39 is 0 Å². The Morgan fingerprint density at radius 1 is 1.65 bits per heavy atom. The van der Waals surface area contributed by atoms with E-state index in [0.29, 0.717) is 6.04 Å². The standard InChI is InChI=1S/C11H19N5O/c1-9(16-8-13-7-14-16)11(17)15(2)10-4-3-5-12-6-10/h7-10,12H,3-6H2,1-2H3. The maximum Gasteiger partial charge on any atom is 0.247 e. The molecule has 1 aromatic rings. The lowest BCUT2D eigenvalue weighted by molar-refractivity contribution is -0.135. The van der Waals surface area contributed by atoms with Gasteiger partial charge in [0.25, 0.3) is 0 Å². The van der Waals surface area contributed by atoms with Crippen LogP contribution in [0.5, 0.6) is 0 Å². The number of hydrogen-bond acceptors (Lipinski definition) is 4. The van der Waals surface area contributed by atoms with Gasteiger partial charge in [-0.15, -0.1) is 0 Å². The van der Waals surface area contributed by atoms with Crippen molar-refractivity contribution in [2.24, 2.45) is 0 Å². The zero-order valence-corrected chi connectivity index (χ0v) is 10.3. The number of aromatic nitrogens is 3. The molecule has 0 aromatic carbocycles. The lowest BCUT2D eigenvalue weighted by atomic mass is 10.1. The van der Waals surface area contributed by atoms with Crippen molar-refractivity contribution < 1.29 is 4.79 Å². The topological polar surface area (TPSA) is 63.1 Å². The zero-order chi connectivity index (χ0) is 12.3. The van der Waals surface area contributed by atoms with E-state index in [2.05, 4.69) is 15.4 Å². The minimum Gasteiger partial charge on any atom is -0.340 e. The molecule has 2 atom stereocenters. The van der Waals surface area contributed by atoms with Crippen molar-refractivity contribution >= 4 is 5.91 Å². The Morgan fingerprint density at radius 3 is 3.06 bits per heavy atom. The van der Waals surface area contributed by atoms with Crippen molar-refractivity contribution in [3.8, 4) is 0 Å². The Morgan fingerprint density at radius 2 is 2.47 bits per heavy atom. The summed E-state index contributed by atoms with van der Waals surface area (Å²) in [6.45, 7) is 3.78. The summed E-state index contributed by atoms with van der Waals surface area (Å²) >= 11 is 0. The Hall–Kier alpha value is -1.43. The van der Waals surface area contributed by atoms with E-state index in [-0.39, 0.29) is 11.9 Å². The summed E-state index contributed by atoms with van der Waals surface area (Å²) in [5.41, 5.74) is 0. The number of piperidine rings is 1. The van der Waals surface area contributed by atoms with Gasteiger partial charge in [0.15, 0.2) is 0 Å². The van der Waals surface area contributed by atoms with Crippen molar-refractivity contribution in [3.05, 3.63) is 12.7 Å². The number of carbonyl (C=O) groups is 1. The van der Waals surface area contributed by atoms with E-state index >= 15 is 0 Å². The number of amides is 1. The molecule has 6 heteroatoms. The molecule has 94 valence electrons. The molecule has 17 heavy (non-hydrogen) atoms. The van der Waals surface area contributed by atoms with Crippen LogP contribution in [-0.4, -0.2) is 51.8 Å². The summed E-state index contributed by atoms with van der Waals surface area (Å²) in [6.07, 6.45) is 5.22. The van der Waals surface area contributed by atoms with Gasteiger partial charge in [-0.05, 0) is 26.3 Å². The first kappa shape index (κ1) is 12.0. The largest absolute Gasteiger partial charge is 0.340 e. The van der Waals surface area contributed by atoms with Gasteiger partial charge in [0.1, 0.15) is 18.7 Å². The number of nitrogens with one attached hydrogen (secondary N) is 1. The van der Waals surface area contributed by atoms with E-state index in [1.165, 1.54) is 6.33 Å². The summed E-state index contributed by atoms with van der Waals surface area (Å²) in [4.78, 5) is 17.9. The van der Waals surface area contributed by atoms with Crippen molar-refractivity contribution in [1.82, 2.24) is 25.0 Å². The number of carbonyl (C=O) groups excluding carboxylic acids is 1. The summed E-state index contributed by atoms with van der Waals surface area (Å²) in [5, 5.41) is 7.32. The van der Waals surface area contributed by atoms with Crippen molar-refractivity contribution in [1.29, 1.82) is 0 Å². The van der Waals surface area contributed by atoms with Crippen LogP contribution >= 0.6 is 0 Å². The van der Waals surface area contributed by atoms with Gasteiger partial charge in [-0.1, -0.05) is 0 Å². The van der Waals surface area contributed by atoms with Gasteiger partial charge >= 0.3 is 0 Å². The average Bonchev–Trinajstić information content (AvgIpc) is 2.91. The molecule has 1 aliphatic heterocycles. The van der Waals surface area contributed by atoms with Crippen LogP contribution in [0.15, 0.2) is 12.7 Å². The van der Waals surface area contributed by atoms with Gasteiger partial charge in [-0.2, -0.15) is 5.10 Å². The quantitative estimate of drug-likeness (QED) is 0.807. The summed E-state index contributed by atoms with van der Waals surface area (Å²) < 4.78 is 1.59. The molecule has 1 N–H and O–H groups in total. The van der Waals surface area contributed by atoms with Gasteiger partial charge in [0, 0.05) is 19.6 Å². The zero-order valence-electron chi connectivity index (χ0n) is 10.3. The molecule has 0 radical (unpaired) electrons. The van der Waals surface area contributed by atoms with Crippen LogP contribution in [-0.2, 0) is 4.79 Å². The first-order chi connectivity index (χ1) is 8.20. The lowest BCUT2D eigenvalue weighted by Gasteiger charge is -2.33. The van der Waals surface area contributed by atoms with Crippen molar-refractivity contribution in [3.63, 3.8) is 0 Å². The second kappa shape index (κ2) is 5.27. The highest BCUT2D eigenvalue weighted by atomic mass is 16.2. The van der Waals surface area contributed by atoms with E-state index in [1.807, 2.05) is 18.9 Å². The second-order valence-electron chi connectivity index (χ2n) is 4.50. The molecule has 0 saturated carbocycles. The molecule has 0 spiro atoms. The summed E-state index contributed by atoms with van der Waals surface area (Å²) in [6, 6.07) is 0.00616. The summed E-state index contributed by atoms with van der Waals surface area (Å²) in [7, 11) is 1.87. The molecular weight excluding hydrogens is 218 g/mol. The first-order valence-electron chi connectivity index (χ1n) is 6.01. The van der Waals surface area contributed by atoms with E-state index in [0.717, 1.165) is 25.9 Å². The smallest absolute Gasteiger partial charge is 0.247 e. The fourth-order valence-electron chi connectivity index (χ4n) is 2.17. The molecule has 1 amide bonds. The molecule has 2 heterocycles. The lowest BCUT2D eigenvalue weighted by Crippen LogP contribution is -2.48. The maximum atomic E-state index is 12.3. The third-order valence-electron chi connectivity index (χ3n) is 3.36.